The molecule has 0 aliphatic heterocycles. The molecule has 2 unspecified atom stereocenters. The molecule has 1 aliphatic rings. The second kappa shape index (κ2) is 8.43. The highest BCUT2D eigenvalue weighted by Crippen LogP contribution is 2.22. The number of nitrogens with one attached hydrogen (secondary N) is 1. The highest BCUT2D eigenvalue weighted by atomic mass is 16.3. The van der Waals surface area contributed by atoms with Gasteiger partial charge in [0.1, 0.15) is 0 Å². The summed E-state index contributed by atoms with van der Waals surface area (Å²) in [5.41, 5.74) is 1.37. The van der Waals surface area contributed by atoms with E-state index < -0.39 is 0 Å². The highest BCUT2D eigenvalue weighted by Gasteiger charge is 2.19. The molecule has 0 amide bonds. The minimum Gasteiger partial charge on any atom is -0.395 e. The van der Waals surface area contributed by atoms with E-state index in [1.807, 2.05) is 0 Å². The van der Waals surface area contributed by atoms with Gasteiger partial charge in [0.25, 0.3) is 0 Å². The van der Waals surface area contributed by atoms with Crippen molar-refractivity contribution in [1.82, 2.24) is 5.32 Å². The number of rotatable bonds is 6. The molecule has 0 spiro atoms. The van der Waals surface area contributed by atoms with Crippen LogP contribution in [-0.2, 0) is 0 Å². The molecular weight excluding hydrogens is 246 g/mol. The van der Waals surface area contributed by atoms with E-state index in [4.69, 9.17) is 0 Å². The lowest BCUT2D eigenvalue weighted by molar-refractivity contribution is 0.214. The van der Waals surface area contributed by atoms with Crippen LogP contribution in [0.2, 0.25) is 0 Å². The van der Waals surface area contributed by atoms with Crippen LogP contribution in [-0.4, -0.2) is 23.8 Å². The van der Waals surface area contributed by atoms with Gasteiger partial charge in [-0.05, 0) is 30.7 Å². The van der Waals surface area contributed by atoms with E-state index >= 15 is 0 Å². The molecule has 20 heavy (non-hydrogen) atoms. The summed E-state index contributed by atoms with van der Waals surface area (Å²) in [6, 6.07) is 11.5. The monoisotopic (exact) mass is 275 g/mol. The molecule has 2 rings (SSSR count). The van der Waals surface area contributed by atoms with Gasteiger partial charge in [0.05, 0.1) is 6.61 Å². The van der Waals surface area contributed by atoms with Crippen molar-refractivity contribution < 1.29 is 5.11 Å². The topological polar surface area (TPSA) is 32.3 Å². The first-order valence-corrected chi connectivity index (χ1v) is 8.21. The van der Waals surface area contributed by atoms with Gasteiger partial charge in [-0.1, -0.05) is 62.9 Å². The fraction of sp³-hybridized carbons (Fsp3) is 0.667. The van der Waals surface area contributed by atoms with Crippen molar-refractivity contribution in [2.45, 2.75) is 69.9 Å². The van der Waals surface area contributed by atoms with Crippen LogP contribution < -0.4 is 5.32 Å². The van der Waals surface area contributed by atoms with Crippen LogP contribution in [0.25, 0.3) is 0 Å². The van der Waals surface area contributed by atoms with Crippen molar-refractivity contribution in [1.29, 1.82) is 0 Å². The molecule has 2 atom stereocenters. The van der Waals surface area contributed by atoms with Crippen LogP contribution in [0.15, 0.2) is 30.3 Å². The molecule has 0 bridgehead atoms. The Morgan fingerprint density at radius 1 is 1.10 bits per heavy atom. The molecule has 2 nitrogen and oxygen atoms in total. The predicted octanol–water partition coefficient (Wildman–Crippen LogP) is 3.85. The maximum atomic E-state index is 9.66. The van der Waals surface area contributed by atoms with E-state index in [1.165, 1.54) is 44.1 Å². The van der Waals surface area contributed by atoms with Crippen LogP contribution in [0.5, 0.6) is 0 Å². The molecule has 1 aromatic rings. The Bertz CT molecular complexity index is 357. The molecule has 0 radical (unpaired) electrons. The summed E-state index contributed by atoms with van der Waals surface area (Å²) in [7, 11) is 0. The zero-order valence-corrected chi connectivity index (χ0v) is 12.7. The highest BCUT2D eigenvalue weighted by molar-refractivity contribution is 5.18. The van der Waals surface area contributed by atoms with Gasteiger partial charge in [0.2, 0.25) is 0 Å². The molecule has 1 aliphatic carbocycles. The third kappa shape index (κ3) is 4.92. The lowest BCUT2D eigenvalue weighted by atomic mass is 9.93. The van der Waals surface area contributed by atoms with Crippen LogP contribution in [0, 0.1) is 0 Å². The summed E-state index contributed by atoms with van der Waals surface area (Å²) >= 11 is 0. The molecule has 1 saturated carbocycles. The molecule has 1 aromatic carbocycles. The standard InChI is InChI=1S/C18H29NO/c1-15(16-9-5-4-6-10-16)13-18(14-20)19-17-11-7-2-3-8-12-17/h4-6,9-10,15,17-20H,2-3,7-8,11-14H2,1H3. The molecule has 0 heterocycles. The lowest BCUT2D eigenvalue weighted by Gasteiger charge is -2.26. The van der Waals surface area contributed by atoms with E-state index in [2.05, 4.69) is 42.6 Å². The summed E-state index contributed by atoms with van der Waals surface area (Å²) < 4.78 is 0. The molecule has 0 aromatic heterocycles. The SMILES string of the molecule is CC(CC(CO)NC1CCCCCC1)c1ccccc1. The molecular formula is C18H29NO. The number of hydrogen-bond acceptors (Lipinski definition) is 2. The van der Waals surface area contributed by atoms with Gasteiger partial charge >= 0.3 is 0 Å². The number of benzene rings is 1. The summed E-state index contributed by atoms with van der Waals surface area (Å²) in [6.07, 6.45) is 8.99. The number of hydrogen-bond donors (Lipinski definition) is 2. The van der Waals surface area contributed by atoms with E-state index in [0.29, 0.717) is 12.0 Å². The Kier molecular flexibility index (Phi) is 6.55. The molecule has 1 fully saturated rings. The van der Waals surface area contributed by atoms with Crippen molar-refractivity contribution in [3.63, 3.8) is 0 Å². The third-order valence-electron chi connectivity index (χ3n) is 4.55. The Morgan fingerprint density at radius 2 is 1.75 bits per heavy atom. The summed E-state index contributed by atoms with van der Waals surface area (Å²) in [5.74, 6) is 0.492. The van der Waals surface area contributed by atoms with Crippen LogP contribution >= 0.6 is 0 Å². The second-order valence-corrected chi connectivity index (χ2v) is 6.28. The van der Waals surface area contributed by atoms with Gasteiger partial charge in [-0.2, -0.15) is 0 Å². The smallest absolute Gasteiger partial charge is 0.0584 e. The summed E-state index contributed by atoms with van der Waals surface area (Å²) in [4.78, 5) is 0. The molecule has 2 N–H and O–H groups in total. The minimum absolute atomic E-state index is 0.230. The largest absolute Gasteiger partial charge is 0.395 e. The zero-order chi connectivity index (χ0) is 14.2. The first kappa shape index (κ1) is 15.5. The maximum absolute atomic E-state index is 9.66. The first-order chi connectivity index (χ1) is 9.79. The van der Waals surface area contributed by atoms with Crippen molar-refractivity contribution in [3.05, 3.63) is 35.9 Å². The van der Waals surface area contributed by atoms with Crippen molar-refractivity contribution in [2.75, 3.05) is 6.61 Å². The molecule has 112 valence electrons. The van der Waals surface area contributed by atoms with E-state index in [1.54, 1.807) is 0 Å². The predicted molar refractivity (Wildman–Crippen MR) is 85.0 cm³/mol. The van der Waals surface area contributed by atoms with Crippen LogP contribution in [0.3, 0.4) is 0 Å². The molecule has 0 saturated heterocycles. The van der Waals surface area contributed by atoms with Gasteiger partial charge in [0, 0.05) is 12.1 Å². The molecule has 2 heteroatoms. The Balaban J connectivity index is 1.85. The quantitative estimate of drug-likeness (QED) is 0.773. The van der Waals surface area contributed by atoms with Gasteiger partial charge in [-0.15, -0.1) is 0 Å². The van der Waals surface area contributed by atoms with Crippen molar-refractivity contribution in [3.8, 4) is 0 Å². The summed E-state index contributed by atoms with van der Waals surface area (Å²) in [6.45, 7) is 2.50. The van der Waals surface area contributed by atoms with E-state index in [9.17, 15) is 5.11 Å². The van der Waals surface area contributed by atoms with Crippen LogP contribution in [0.1, 0.15) is 63.4 Å². The Labute approximate surface area is 123 Å². The van der Waals surface area contributed by atoms with Gasteiger partial charge in [0.15, 0.2) is 0 Å². The fourth-order valence-electron chi connectivity index (χ4n) is 3.32. The summed E-state index contributed by atoms with van der Waals surface area (Å²) in [5, 5.41) is 13.4. The average Bonchev–Trinajstić information content (AvgIpc) is 2.76. The minimum atomic E-state index is 0.230. The van der Waals surface area contributed by atoms with E-state index in [-0.39, 0.29) is 12.6 Å². The van der Waals surface area contributed by atoms with Gasteiger partial charge in [-0.25, -0.2) is 0 Å². The van der Waals surface area contributed by atoms with Gasteiger partial charge in [-0.3, -0.25) is 0 Å². The number of aliphatic hydroxyl groups excluding tert-OH is 1. The second-order valence-electron chi connectivity index (χ2n) is 6.28. The number of aliphatic hydroxyl groups is 1. The third-order valence-corrected chi connectivity index (χ3v) is 4.55. The average molecular weight is 275 g/mol. The zero-order valence-electron chi connectivity index (χ0n) is 12.7. The van der Waals surface area contributed by atoms with Gasteiger partial charge < -0.3 is 10.4 Å². The lowest BCUT2D eigenvalue weighted by Crippen LogP contribution is -2.41. The fourth-order valence-corrected chi connectivity index (χ4v) is 3.32. The van der Waals surface area contributed by atoms with Crippen molar-refractivity contribution >= 4 is 0 Å². The normalized spacial score (nSPS) is 20.3. The Hall–Kier alpha value is -0.860. The van der Waals surface area contributed by atoms with E-state index in [0.717, 1.165) is 6.42 Å². The van der Waals surface area contributed by atoms with Crippen molar-refractivity contribution in [2.24, 2.45) is 0 Å². The maximum Gasteiger partial charge on any atom is 0.0584 e. The van der Waals surface area contributed by atoms with Crippen LogP contribution in [0.4, 0.5) is 0 Å². The first-order valence-electron chi connectivity index (χ1n) is 8.21. The Morgan fingerprint density at radius 3 is 2.35 bits per heavy atom.